The minimum Gasteiger partial charge on any atom is -0.369 e. The second kappa shape index (κ2) is 11.8. The summed E-state index contributed by atoms with van der Waals surface area (Å²) in [4.78, 5) is 50.0. The molecule has 0 unspecified atom stereocenters. The van der Waals surface area contributed by atoms with Gasteiger partial charge in [0.2, 0.25) is 0 Å². The van der Waals surface area contributed by atoms with Crippen molar-refractivity contribution in [3.63, 3.8) is 0 Å². The number of amides is 2. The van der Waals surface area contributed by atoms with E-state index in [1.807, 2.05) is 58.0 Å². The van der Waals surface area contributed by atoms with Gasteiger partial charge in [0, 0.05) is 81.4 Å². The monoisotopic (exact) mass is 608 g/mol. The number of piperidine rings is 1. The van der Waals surface area contributed by atoms with Crippen molar-refractivity contribution in [2.24, 2.45) is 5.92 Å². The van der Waals surface area contributed by atoms with Gasteiger partial charge in [-0.2, -0.15) is 0 Å². The number of para-hydroxylation sites is 1. The molecule has 2 amide bonds. The summed E-state index contributed by atoms with van der Waals surface area (Å²) in [6.45, 7) is 4.64. The largest absolute Gasteiger partial charge is 0.369 e. The maximum Gasteiger partial charge on any atom is 0.257 e. The second-order valence-corrected chi connectivity index (χ2v) is 12.2. The predicted octanol–water partition coefficient (Wildman–Crippen LogP) is 4.74. The van der Waals surface area contributed by atoms with E-state index in [2.05, 4.69) is 20.1 Å². The lowest BCUT2D eigenvalue weighted by atomic mass is 9.83. The highest BCUT2D eigenvalue weighted by Crippen LogP contribution is 2.39. The van der Waals surface area contributed by atoms with E-state index < -0.39 is 0 Å². The first-order valence-electron chi connectivity index (χ1n) is 15.0. The summed E-state index contributed by atoms with van der Waals surface area (Å²) in [7, 11) is 0. The summed E-state index contributed by atoms with van der Waals surface area (Å²) < 4.78 is 1.91. The van der Waals surface area contributed by atoms with Crippen molar-refractivity contribution in [2.75, 3.05) is 54.4 Å². The second-order valence-electron chi connectivity index (χ2n) is 11.8. The van der Waals surface area contributed by atoms with Crippen molar-refractivity contribution >= 4 is 40.5 Å². The first-order valence-corrected chi connectivity index (χ1v) is 15.4. The fraction of sp³-hybridized carbons (Fsp3) is 0.294. The number of nitrogens with one attached hydrogen (secondary N) is 1. The summed E-state index contributed by atoms with van der Waals surface area (Å²) in [5, 5.41) is 3.78. The van der Waals surface area contributed by atoms with Gasteiger partial charge in [-0.3, -0.25) is 19.4 Å². The molecule has 2 atom stereocenters. The predicted molar refractivity (Wildman–Crippen MR) is 172 cm³/mol. The molecule has 0 spiro atoms. The lowest BCUT2D eigenvalue weighted by molar-refractivity contribution is 0.0746. The zero-order chi connectivity index (χ0) is 30.2. The van der Waals surface area contributed by atoms with Gasteiger partial charge in [0.05, 0.1) is 27.6 Å². The van der Waals surface area contributed by atoms with E-state index in [0.29, 0.717) is 67.0 Å². The number of fused-ring (bicyclic) bond motifs is 4. The quantitative estimate of drug-likeness (QED) is 0.352. The van der Waals surface area contributed by atoms with E-state index >= 15 is 0 Å². The zero-order valence-corrected chi connectivity index (χ0v) is 25.0. The molecule has 2 aromatic heterocycles. The van der Waals surface area contributed by atoms with Crippen LogP contribution in [0.1, 0.15) is 38.7 Å². The number of anilines is 3. The fourth-order valence-electron chi connectivity index (χ4n) is 6.87. The van der Waals surface area contributed by atoms with Crippen molar-refractivity contribution in [1.29, 1.82) is 0 Å². The minimum atomic E-state index is -0.286. The Balaban J connectivity index is 1.15. The van der Waals surface area contributed by atoms with Gasteiger partial charge < -0.3 is 24.6 Å². The third-order valence-electron chi connectivity index (χ3n) is 9.00. The third-order valence-corrected chi connectivity index (χ3v) is 9.32. The van der Waals surface area contributed by atoms with Crippen molar-refractivity contribution < 1.29 is 9.59 Å². The van der Waals surface area contributed by atoms with Crippen LogP contribution in [0.4, 0.5) is 17.1 Å². The van der Waals surface area contributed by atoms with Crippen molar-refractivity contribution in [3.05, 3.63) is 117 Å². The highest BCUT2D eigenvalue weighted by atomic mass is 35.5. The van der Waals surface area contributed by atoms with Crippen LogP contribution in [0.5, 0.6) is 0 Å². The first-order chi connectivity index (χ1) is 21.4. The molecule has 9 nitrogen and oxygen atoms in total. The van der Waals surface area contributed by atoms with Crippen LogP contribution in [0.25, 0.3) is 0 Å². The Hall–Kier alpha value is -4.63. The molecule has 10 heteroatoms. The van der Waals surface area contributed by atoms with Crippen LogP contribution < -0.4 is 20.7 Å². The number of benzene rings is 2. The zero-order valence-electron chi connectivity index (χ0n) is 24.2. The average molecular weight is 609 g/mol. The van der Waals surface area contributed by atoms with Gasteiger partial charge in [0.25, 0.3) is 17.4 Å². The van der Waals surface area contributed by atoms with E-state index in [-0.39, 0.29) is 23.3 Å². The van der Waals surface area contributed by atoms with Crippen molar-refractivity contribution in [3.8, 4) is 0 Å². The molecule has 2 bridgehead atoms. The molecule has 2 aromatic carbocycles. The Morgan fingerprint density at radius 3 is 2.45 bits per heavy atom. The summed E-state index contributed by atoms with van der Waals surface area (Å²) in [5.41, 5.74) is 4.50. The summed E-state index contributed by atoms with van der Waals surface area (Å²) in [6.07, 6.45) is 4.18. The van der Waals surface area contributed by atoms with Crippen LogP contribution >= 0.6 is 11.6 Å². The Kier molecular flexibility index (Phi) is 7.56. The van der Waals surface area contributed by atoms with E-state index in [0.717, 1.165) is 30.0 Å². The maximum absolute atomic E-state index is 13.7. The van der Waals surface area contributed by atoms with Crippen LogP contribution in [0.15, 0.2) is 90.0 Å². The number of piperazine rings is 1. The number of carbonyl (C=O) groups is 2. The van der Waals surface area contributed by atoms with E-state index in [1.165, 1.54) is 6.20 Å². The van der Waals surface area contributed by atoms with Crippen LogP contribution in [-0.2, 0) is 6.54 Å². The van der Waals surface area contributed by atoms with E-state index in [4.69, 9.17) is 11.6 Å². The number of nitrogens with zero attached hydrogens (tertiary/aromatic N) is 5. The van der Waals surface area contributed by atoms with Crippen molar-refractivity contribution in [1.82, 2.24) is 14.5 Å². The van der Waals surface area contributed by atoms with Gasteiger partial charge in [-0.05, 0) is 60.9 Å². The Morgan fingerprint density at radius 2 is 1.66 bits per heavy atom. The molecule has 0 radical (unpaired) electrons. The molecule has 7 rings (SSSR count). The minimum absolute atomic E-state index is 0.0469. The molecule has 1 N–H and O–H groups in total. The average Bonchev–Trinajstić information content (AvgIpc) is 3.05. The molecular weight excluding hydrogens is 576 g/mol. The Labute approximate surface area is 260 Å². The number of pyridine rings is 2. The van der Waals surface area contributed by atoms with Gasteiger partial charge >= 0.3 is 0 Å². The molecule has 0 saturated carbocycles. The normalized spacial score (nSPS) is 19.3. The van der Waals surface area contributed by atoms with E-state index in [9.17, 15) is 14.4 Å². The molecule has 3 aliphatic rings. The van der Waals surface area contributed by atoms with Crippen LogP contribution in [0, 0.1) is 5.92 Å². The van der Waals surface area contributed by atoms with Crippen molar-refractivity contribution in [2.45, 2.75) is 18.9 Å². The van der Waals surface area contributed by atoms with Gasteiger partial charge in [-0.1, -0.05) is 29.8 Å². The van der Waals surface area contributed by atoms with E-state index in [1.54, 1.807) is 30.5 Å². The number of hydrogen-bond acceptors (Lipinski definition) is 6. The Bertz CT molecular complexity index is 1770. The highest BCUT2D eigenvalue weighted by Gasteiger charge is 2.35. The molecular formula is C34H33ClN6O3. The molecule has 5 heterocycles. The van der Waals surface area contributed by atoms with Crippen LogP contribution in [-0.4, -0.2) is 65.5 Å². The van der Waals surface area contributed by atoms with Crippen LogP contribution in [0.2, 0.25) is 5.02 Å². The summed E-state index contributed by atoms with van der Waals surface area (Å²) in [6, 6.07) is 22.3. The number of aromatic nitrogens is 2. The maximum atomic E-state index is 13.7. The Morgan fingerprint density at radius 1 is 0.818 bits per heavy atom. The first kappa shape index (κ1) is 28.2. The molecule has 3 aliphatic heterocycles. The number of hydrogen-bond donors (Lipinski definition) is 1. The van der Waals surface area contributed by atoms with Crippen LogP contribution in [0.3, 0.4) is 0 Å². The lowest BCUT2D eigenvalue weighted by Gasteiger charge is -2.44. The SMILES string of the molecule is O=C(Nc1cc(C(=O)N2CCN(c3ccccc3Cl)CC2)ccc1N1C[C@H]2C[C@@H](C1)c1cccc(=O)n1C2)c1cccnc1. The molecule has 2 fully saturated rings. The summed E-state index contributed by atoms with van der Waals surface area (Å²) in [5.74, 6) is 0.149. The smallest absolute Gasteiger partial charge is 0.257 e. The summed E-state index contributed by atoms with van der Waals surface area (Å²) >= 11 is 6.42. The third kappa shape index (κ3) is 5.43. The highest BCUT2D eigenvalue weighted by molar-refractivity contribution is 6.33. The number of rotatable bonds is 5. The molecule has 0 aliphatic carbocycles. The van der Waals surface area contributed by atoms with Gasteiger partial charge in [-0.15, -0.1) is 0 Å². The standard InChI is InChI=1S/C34H33ClN6O3/c35-27-6-1-2-7-30(27)38-13-15-39(16-14-38)34(44)24-10-11-31(28(18-24)37-33(43)25-5-4-12-36-19-25)40-20-23-17-26(22-40)29-8-3-9-32(42)41(29)21-23/h1-12,18-19,23,26H,13-17,20-22H2,(H,37,43)/t23-,26+/m1/s1. The molecule has 224 valence electrons. The van der Waals surface area contributed by atoms with Gasteiger partial charge in [-0.25, -0.2) is 0 Å². The number of halogens is 1. The molecule has 44 heavy (non-hydrogen) atoms. The van der Waals surface area contributed by atoms with Gasteiger partial charge in [0.15, 0.2) is 0 Å². The molecule has 4 aromatic rings. The van der Waals surface area contributed by atoms with Gasteiger partial charge in [0.1, 0.15) is 0 Å². The lowest BCUT2D eigenvalue weighted by Crippen LogP contribution is -2.49. The number of carbonyl (C=O) groups excluding carboxylic acids is 2. The topological polar surface area (TPSA) is 90.8 Å². The molecule has 2 saturated heterocycles. The fourth-order valence-corrected chi connectivity index (χ4v) is 7.13.